The van der Waals surface area contributed by atoms with Crippen molar-refractivity contribution >= 4 is 5.43 Å². The van der Waals surface area contributed by atoms with E-state index in [-0.39, 0.29) is 5.43 Å². The predicted octanol–water partition coefficient (Wildman–Crippen LogP) is 4.96. The number of rotatable bonds is 2. The van der Waals surface area contributed by atoms with Crippen molar-refractivity contribution in [2.45, 2.75) is 47.2 Å². The third-order valence-corrected chi connectivity index (χ3v) is 21.5. The van der Waals surface area contributed by atoms with Crippen molar-refractivity contribution in [3.8, 4) is 0 Å². The van der Waals surface area contributed by atoms with Crippen LogP contribution in [0.15, 0.2) is 41.5 Å². The van der Waals surface area contributed by atoms with Gasteiger partial charge >= 0.3 is 120 Å². The van der Waals surface area contributed by atoms with Gasteiger partial charge in [0.1, 0.15) is 0 Å². The Morgan fingerprint density at radius 1 is 1.17 bits per heavy atom. The standard InChI is InChI=1S/2C7H9.C2H6Si.Zr/c2*1-6-3-4-7(2)5-6;1-3-2;/h5H,3H2,1-2H3;3,5,7H,1-2H3;1-2H3;. The molecule has 0 radical (unpaired) electrons. The molecule has 0 spiro atoms. The average Bonchev–Trinajstić information content (AvgIpc) is 2.71. The van der Waals surface area contributed by atoms with Crippen LogP contribution in [-0.4, -0.2) is 5.43 Å². The molecule has 1 atom stereocenters. The minimum atomic E-state index is -1.53. The summed E-state index contributed by atoms with van der Waals surface area (Å²) in [5.74, 6) is 0.723. The Morgan fingerprint density at radius 2 is 1.83 bits per heavy atom. The Morgan fingerprint density at radius 3 is 2.22 bits per heavy atom. The van der Waals surface area contributed by atoms with Crippen LogP contribution in [0.3, 0.4) is 0 Å². The first-order valence-corrected chi connectivity index (χ1v) is 15.5. The Hall–Kier alpha value is 0.0600. The maximum atomic E-state index is 2.55. The van der Waals surface area contributed by atoms with E-state index in [2.05, 4.69) is 59.0 Å². The van der Waals surface area contributed by atoms with Gasteiger partial charge in [-0.15, -0.1) is 0 Å². The molecular weight excluding hydrogens is 311 g/mol. The van der Waals surface area contributed by atoms with Crippen molar-refractivity contribution in [1.29, 1.82) is 0 Å². The SMILES string of the molecule is CC1=CC(C)[C]([Zr]([C]2=C(C)C=C(C)C2)=[Si](C)C)=C1. The summed E-state index contributed by atoms with van der Waals surface area (Å²) in [5.41, 5.74) is 4.55. The van der Waals surface area contributed by atoms with Gasteiger partial charge in [-0.1, -0.05) is 0 Å². The van der Waals surface area contributed by atoms with Gasteiger partial charge in [-0.3, -0.25) is 0 Å². The number of allylic oxidation sites excluding steroid dienone is 8. The Labute approximate surface area is 120 Å². The van der Waals surface area contributed by atoms with Crippen LogP contribution >= 0.6 is 0 Å². The molecule has 0 heterocycles. The van der Waals surface area contributed by atoms with E-state index in [9.17, 15) is 0 Å². The van der Waals surface area contributed by atoms with E-state index < -0.39 is 20.4 Å². The summed E-state index contributed by atoms with van der Waals surface area (Å²) >= 11 is -1.53. The van der Waals surface area contributed by atoms with E-state index in [4.69, 9.17) is 0 Å². The molecule has 2 aliphatic rings. The van der Waals surface area contributed by atoms with Crippen molar-refractivity contribution in [3.05, 3.63) is 41.5 Å². The van der Waals surface area contributed by atoms with Crippen molar-refractivity contribution in [3.63, 3.8) is 0 Å². The summed E-state index contributed by atoms with van der Waals surface area (Å²) in [7, 11) is 0. The molecule has 18 heavy (non-hydrogen) atoms. The second kappa shape index (κ2) is 5.59. The van der Waals surface area contributed by atoms with E-state index in [1.807, 2.05) is 6.56 Å². The van der Waals surface area contributed by atoms with Crippen LogP contribution in [0.5, 0.6) is 0 Å². The Balaban J connectivity index is 2.44. The number of hydrogen-bond acceptors (Lipinski definition) is 0. The topological polar surface area (TPSA) is 0 Å². The van der Waals surface area contributed by atoms with Crippen molar-refractivity contribution < 1.29 is 20.4 Å². The van der Waals surface area contributed by atoms with Crippen LogP contribution < -0.4 is 0 Å². The Bertz CT molecular complexity index is 537. The molecule has 0 bridgehead atoms. The van der Waals surface area contributed by atoms with Crippen LogP contribution in [0.4, 0.5) is 0 Å². The molecule has 0 N–H and O–H groups in total. The van der Waals surface area contributed by atoms with Gasteiger partial charge in [-0.25, -0.2) is 0 Å². The average molecular weight is 336 g/mol. The fourth-order valence-electron chi connectivity index (χ4n) is 3.19. The third-order valence-electron chi connectivity index (χ3n) is 3.87. The molecule has 2 rings (SSSR count). The molecule has 0 amide bonds. The van der Waals surface area contributed by atoms with Gasteiger partial charge in [0.15, 0.2) is 0 Å². The predicted molar refractivity (Wildman–Crippen MR) is 79.6 cm³/mol. The van der Waals surface area contributed by atoms with Crippen LogP contribution in [0.25, 0.3) is 0 Å². The third kappa shape index (κ3) is 2.80. The zero-order chi connectivity index (χ0) is 13.4. The second-order valence-corrected chi connectivity index (χ2v) is 23.1. The summed E-state index contributed by atoms with van der Waals surface area (Å²) in [5, 5.41) is 0. The molecule has 1 unspecified atom stereocenters. The molecular formula is C16H24SiZr. The molecule has 0 aromatic heterocycles. The first-order valence-electron chi connectivity index (χ1n) is 6.85. The number of hydrogen-bond donors (Lipinski definition) is 0. The van der Waals surface area contributed by atoms with Crippen LogP contribution in [0, 0.1) is 5.92 Å². The van der Waals surface area contributed by atoms with Gasteiger partial charge in [-0.2, -0.15) is 0 Å². The summed E-state index contributed by atoms with van der Waals surface area (Å²) < 4.78 is 3.77. The van der Waals surface area contributed by atoms with Gasteiger partial charge in [0.05, 0.1) is 0 Å². The minimum absolute atomic E-state index is 0.146. The molecule has 0 aromatic carbocycles. The van der Waals surface area contributed by atoms with Gasteiger partial charge in [0, 0.05) is 0 Å². The fraction of sp³-hybridized carbons (Fsp3) is 0.500. The van der Waals surface area contributed by atoms with E-state index >= 15 is 0 Å². The van der Waals surface area contributed by atoms with Crippen LogP contribution in [0.2, 0.25) is 13.1 Å². The van der Waals surface area contributed by atoms with Crippen LogP contribution in [-0.2, 0) is 20.4 Å². The fourth-order valence-corrected chi connectivity index (χ4v) is 21.9. The molecule has 0 saturated carbocycles. The van der Waals surface area contributed by atoms with Gasteiger partial charge in [0.25, 0.3) is 0 Å². The summed E-state index contributed by atoms with van der Waals surface area (Å²) in [4.78, 5) is 0. The van der Waals surface area contributed by atoms with Gasteiger partial charge < -0.3 is 0 Å². The van der Waals surface area contributed by atoms with Crippen LogP contribution in [0.1, 0.15) is 34.1 Å². The van der Waals surface area contributed by atoms with E-state index in [0.29, 0.717) is 0 Å². The normalized spacial score (nSPS) is 23.0. The van der Waals surface area contributed by atoms with E-state index in [0.717, 1.165) is 5.92 Å². The molecule has 2 aliphatic carbocycles. The molecule has 0 fully saturated rings. The van der Waals surface area contributed by atoms with E-state index in [1.54, 1.807) is 11.1 Å². The zero-order valence-corrected chi connectivity index (χ0v) is 16.0. The second-order valence-electron chi connectivity index (χ2n) is 6.00. The van der Waals surface area contributed by atoms with E-state index in [1.165, 1.54) is 12.0 Å². The summed E-state index contributed by atoms with van der Waals surface area (Å²) in [6.07, 6.45) is 8.72. The monoisotopic (exact) mass is 334 g/mol. The summed E-state index contributed by atoms with van der Waals surface area (Å²) in [6.45, 7) is 14.4. The zero-order valence-electron chi connectivity index (χ0n) is 12.5. The summed E-state index contributed by atoms with van der Waals surface area (Å²) in [6, 6.07) is 0. The molecule has 96 valence electrons. The van der Waals surface area contributed by atoms with Crippen molar-refractivity contribution in [2.75, 3.05) is 0 Å². The first-order chi connectivity index (χ1) is 8.40. The maximum absolute atomic E-state index is 2.55. The van der Waals surface area contributed by atoms with Crippen molar-refractivity contribution in [2.24, 2.45) is 5.92 Å². The van der Waals surface area contributed by atoms with Gasteiger partial charge in [-0.05, 0) is 0 Å². The molecule has 2 heteroatoms. The first kappa shape index (κ1) is 14.5. The molecule has 0 aliphatic heterocycles. The Kier molecular flexibility index (Phi) is 4.49. The quantitative estimate of drug-likeness (QED) is 0.626. The molecule has 0 saturated heterocycles. The van der Waals surface area contributed by atoms with Crippen molar-refractivity contribution in [1.82, 2.24) is 0 Å². The molecule has 0 nitrogen and oxygen atoms in total. The van der Waals surface area contributed by atoms with Gasteiger partial charge in [0.2, 0.25) is 0 Å². The molecule has 0 aromatic rings.